The van der Waals surface area contributed by atoms with E-state index in [0.29, 0.717) is 41.4 Å². The van der Waals surface area contributed by atoms with E-state index in [4.69, 9.17) is 5.73 Å². The number of nitrogen functional groups attached to an aromatic ring is 1. The molecule has 2 amide bonds. The minimum Gasteiger partial charge on any atom is -0.397 e. The summed E-state index contributed by atoms with van der Waals surface area (Å²) in [5, 5.41) is 17.0. The molecule has 2 aliphatic heterocycles. The molecule has 4 N–H and O–H groups in total. The van der Waals surface area contributed by atoms with Crippen molar-refractivity contribution in [2.45, 2.75) is 27.7 Å². The number of carbonyl (C=O) groups excluding carboxylic acids is 2. The fourth-order valence-corrected chi connectivity index (χ4v) is 5.07. The molecular formula is C30H30N8O4. The summed E-state index contributed by atoms with van der Waals surface area (Å²) >= 11 is 0. The van der Waals surface area contributed by atoms with E-state index in [2.05, 4.69) is 20.6 Å². The van der Waals surface area contributed by atoms with Crippen LogP contribution in [0.1, 0.15) is 36.6 Å². The van der Waals surface area contributed by atoms with Gasteiger partial charge in [-0.2, -0.15) is 0 Å². The van der Waals surface area contributed by atoms with Crippen LogP contribution < -0.4 is 16.4 Å². The number of carbonyl (C=O) groups is 2. The predicted octanol–water partition coefficient (Wildman–Crippen LogP) is 3.66. The highest BCUT2D eigenvalue weighted by molar-refractivity contribution is 6.06. The van der Waals surface area contributed by atoms with Crippen molar-refractivity contribution in [1.29, 1.82) is 0 Å². The Morgan fingerprint density at radius 2 is 1.26 bits per heavy atom. The molecule has 42 heavy (non-hydrogen) atoms. The highest BCUT2D eigenvalue weighted by Gasteiger charge is 2.24. The highest BCUT2D eigenvalue weighted by Crippen LogP contribution is 2.31. The minimum absolute atomic E-state index is 0.00639. The first-order chi connectivity index (χ1) is 20.1. The number of imidazole rings is 2. The van der Waals surface area contributed by atoms with Gasteiger partial charge in [-0.3, -0.25) is 24.3 Å². The lowest BCUT2D eigenvalue weighted by Crippen LogP contribution is -2.16. The van der Waals surface area contributed by atoms with Crippen LogP contribution in [0.5, 0.6) is 0 Å². The molecule has 0 saturated heterocycles. The van der Waals surface area contributed by atoms with Crippen molar-refractivity contribution < 1.29 is 14.5 Å². The monoisotopic (exact) mass is 566 g/mol. The second-order valence-corrected chi connectivity index (χ2v) is 10.00. The quantitative estimate of drug-likeness (QED) is 0.189. The lowest BCUT2D eigenvalue weighted by molar-refractivity contribution is -0.384. The second kappa shape index (κ2) is 11.2. The zero-order valence-corrected chi connectivity index (χ0v) is 23.6. The molecule has 4 aromatic rings. The van der Waals surface area contributed by atoms with Gasteiger partial charge < -0.3 is 20.9 Å². The van der Waals surface area contributed by atoms with Crippen LogP contribution in [0, 0.1) is 24.0 Å². The van der Waals surface area contributed by atoms with E-state index in [-0.39, 0.29) is 17.5 Å². The van der Waals surface area contributed by atoms with Crippen molar-refractivity contribution in [3.8, 4) is 11.4 Å². The third kappa shape index (κ3) is 5.17. The summed E-state index contributed by atoms with van der Waals surface area (Å²) in [4.78, 5) is 42.4. The Bertz CT molecular complexity index is 1810. The largest absolute Gasteiger partial charge is 0.397 e. The first kappa shape index (κ1) is 28.0. The van der Waals surface area contributed by atoms with Gasteiger partial charge in [0.05, 0.1) is 16.3 Å². The number of nitrogens with two attached hydrogens (primary N) is 1. The second-order valence-electron chi connectivity index (χ2n) is 10.00. The summed E-state index contributed by atoms with van der Waals surface area (Å²) in [6, 6.07) is 10.8. The maximum Gasteiger partial charge on any atom is 0.293 e. The number of anilines is 1. The topological polar surface area (TPSA) is 163 Å². The van der Waals surface area contributed by atoms with Crippen LogP contribution in [0.2, 0.25) is 0 Å². The SMILES string of the molecule is CC1=C(c2ccc(-n3ccnc3C)c(N)c2)CNC1=O.CC1=C(c2ccc(-n3ccnc3C)c([N+](=O)[O-])c2)CNC1=O. The maximum atomic E-state index is 11.6. The van der Waals surface area contributed by atoms with Crippen molar-refractivity contribution in [2.75, 3.05) is 18.8 Å². The molecule has 214 valence electrons. The molecule has 0 unspecified atom stereocenters. The molecular weight excluding hydrogens is 536 g/mol. The van der Waals surface area contributed by atoms with Crippen molar-refractivity contribution in [3.63, 3.8) is 0 Å². The van der Waals surface area contributed by atoms with Gasteiger partial charge in [0.2, 0.25) is 11.8 Å². The Labute approximate surface area is 241 Å². The van der Waals surface area contributed by atoms with E-state index in [0.717, 1.165) is 33.8 Å². The number of rotatable bonds is 5. The Morgan fingerprint density at radius 1 is 0.786 bits per heavy atom. The van der Waals surface area contributed by atoms with Crippen LogP contribution in [0.4, 0.5) is 11.4 Å². The van der Waals surface area contributed by atoms with E-state index >= 15 is 0 Å². The first-order valence-electron chi connectivity index (χ1n) is 13.2. The number of hydrogen-bond donors (Lipinski definition) is 3. The standard InChI is InChI=1S/C15H14N4O3.C15H16N4O/c1-9-12(8-17-15(9)20)11-3-4-13(14(7-11)19(21)22)18-6-5-16-10(18)2;1-9-12(8-18-15(9)20)11-3-4-14(13(16)7-11)19-6-5-17-10(19)2/h3-7H,8H2,1-2H3,(H,17,20);3-7H,8,16H2,1-2H3,(H,18,20). The van der Waals surface area contributed by atoms with Crippen LogP contribution in [-0.2, 0) is 9.59 Å². The van der Waals surface area contributed by atoms with Crippen molar-refractivity contribution in [3.05, 3.63) is 105 Å². The lowest BCUT2D eigenvalue weighted by atomic mass is 10.0. The van der Waals surface area contributed by atoms with Gasteiger partial charge in [0, 0.05) is 55.1 Å². The summed E-state index contributed by atoms with van der Waals surface area (Å²) < 4.78 is 3.61. The molecule has 2 aliphatic rings. The summed E-state index contributed by atoms with van der Waals surface area (Å²) in [5.41, 5.74) is 13.0. The molecule has 6 rings (SSSR count). The third-order valence-electron chi connectivity index (χ3n) is 7.51. The number of amides is 2. The molecule has 0 spiro atoms. The van der Waals surface area contributed by atoms with Crippen LogP contribution in [0.3, 0.4) is 0 Å². The number of aryl methyl sites for hydroxylation is 2. The number of benzene rings is 2. The highest BCUT2D eigenvalue weighted by atomic mass is 16.6. The summed E-state index contributed by atoms with van der Waals surface area (Å²) in [6.45, 7) is 8.22. The van der Waals surface area contributed by atoms with Gasteiger partial charge in [0.25, 0.3) is 5.69 Å². The van der Waals surface area contributed by atoms with Gasteiger partial charge in [-0.15, -0.1) is 0 Å². The number of nitrogens with one attached hydrogen (secondary N) is 2. The number of nitrogens with zero attached hydrogens (tertiary/aromatic N) is 5. The molecule has 0 fully saturated rings. The Hall–Kier alpha value is -5.52. The average Bonchev–Trinajstić information content (AvgIpc) is 3.74. The van der Waals surface area contributed by atoms with E-state index < -0.39 is 4.92 Å². The Balaban J connectivity index is 0.000000169. The van der Waals surface area contributed by atoms with Crippen LogP contribution >= 0.6 is 0 Å². The van der Waals surface area contributed by atoms with Crippen molar-refractivity contribution >= 4 is 34.3 Å². The lowest BCUT2D eigenvalue weighted by Gasteiger charge is -2.11. The molecule has 0 saturated carbocycles. The summed E-state index contributed by atoms with van der Waals surface area (Å²) in [6.07, 6.45) is 6.91. The van der Waals surface area contributed by atoms with Crippen LogP contribution in [-0.4, -0.2) is 48.9 Å². The summed E-state index contributed by atoms with van der Waals surface area (Å²) in [7, 11) is 0. The smallest absolute Gasteiger partial charge is 0.293 e. The molecule has 4 heterocycles. The maximum absolute atomic E-state index is 11.6. The number of hydrogen-bond acceptors (Lipinski definition) is 7. The van der Waals surface area contributed by atoms with Crippen LogP contribution in [0.25, 0.3) is 22.5 Å². The molecule has 2 aromatic carbocycles. The molecule has 12 nitrogen and oxygen atoms in total. The third-order valence-corrected chi connectivity index (χ3v) is 7.51. The van der Waals surface area contributed by atoms with Crippen molar-refractivity contribution in [2.24, 2.45) is 0 Å². The van der Waals surface area contributed by atoms with Crippen molar-refractivity contribution in [1.82, 2.24) is 29.7 Å². The molecule has 2 aromatic heterocycles. The average molecular weight is 567 g/mol. The number of nitro benzene ring substituents is 1. The van der Waals surface area contributed by atoms with Gasteiger partial charge in [0.15, 0.2) is 0 Å². The predicted molar refractivity (Wildman–Crippen MR) is 159 cm³/mol. The first-order valence-corrected chi connectivity index (χ1v) is 13.2. The van der Waals surface area contributed by atoms with E-state index in [1.54, 1.807) is 49.1 Å². The zero-order chi connectivity index (χ0) is 30.1. The van der Waals surface area contributed by atoms with Gasteiger partial charge in [-0.25, -0.2) is 9.97 Å². The fraction of sp³-hybridized carbons (Fsp3) is 0.200. The van der Waals surface area contributed by atoms with E-state index in [1.807, 2.05) is 42.8 Å². The van der Waals surface area contributed by atoms with Gasteiger partial charge in [-0.05, 0) is 68.2 Å². The van der Waals surface area contributed by atoms with Gasteiger partial charge in [0.1, 0.15) is 17.3 Å². The van der Waals surface area contributed by atoms with Gasteiger partial charge in [-0.1, -0.05) is 12.1 Å². The zero-order valence-electron chi connectivity index (χ0n) is 23.6. The van der Waals surface area contributed by atoms with E-state index in [1.165, 1.54) is 6.07 Å². The number of nitro groups is 1. The van der Waals surface area contributed by atoms with Gasteiger partial charge >= 0.3 is 0 Å². The van der Waals surface area contributed by atoms with E-state index in [9.17, 15) is 19.7 Å². The minimum atomic E-state index is -0.418. The molecule has 0 aliphatic carbocycles. The fourth-order valence-electron chi connectivity index (χ4n) is 5.07. The Kier molecular flexibility index (Phi) is 7.45. The number of aromatic nitrogens is 4. The normalized spacial score (nSPS) is 14.6. The van der Waals surface area contributed by atoms with Crippen LogP contribution in [0.15, 0.2) is 72.3 Å². The summed E-state index contributed by atoms with van der Waals surface area (Å²) in [5.74, 6) is 1.42. The molecule has 0 radical (unpaired) electrons. The molecule has 12 heteroatoms. The molecule has 0 bridgehead atoms. The Morgan fingerprint density at radius 3 is 1.67 bits per heavy atom. The molecule has 0 atom stereocenters.